The summed E-state index contributed by atoms with van der Waals surface area (Å²) in [4.78, 5) is 49.7. The van der Waals surface area contributed by atoms with Crippen molar-refractivity contribution in [2.24, 2.45) is 0 Å². The molecule has 16 heteroatoms. The van der Waals surface area contributed by atoms with Crippen molar-refractivity contribution in [1.82, 2.24) is 35.1 Å². The van der Waals surface area contributed by atoms with E-state index >= 15 is 0 Å². The molecule has 3 saturated heterocycles. The molecule has 0 spiro atoms. The second kappa shape index (κ2) is 18.0. The zero-order chi connectivity index (χ0) is 42.0. The van der Waals surface area contributed by atoms with Gasteiger partial charge >= 0.3 is 0 Å². The maximum Gasteiger partial charge on any atom is 0.234 e. The van der Waals surface area contributed by atoms with Gasteiger partial charge in [-0.15, -0.1) is 0 Å². The maximum atomic E-state index is 13.5. The molecule has 3 fully saturated rings. The fourth-order valence-electron chi connectivity index (χ4n) is 8.74. The van der Waals surface area contributed by atoms with E-state index in [1.165, 1.54) is 16.8 Å². The molecule has 0 aliphatic carbocycles. The number of anilines is 5. The quantitative estimate of drug-likeness (QED) is 0.0877. The highest BCUT2D eigenvalue weighted by atomic mass is 79.9. The number of ether oxygens (including phenoxy) is 1. The molecule has 2 aromatic heterocycles. The maximum absolute atomic E-state index is 13.5. The molecule has 8 rings (SSSR count). The summed E-state index contributed by atoms with van der Waals surface area (Å²) in [6, 6.07) is 16.8. The van der Waals surface area contributed by atoms with Crippen LogP contribution in [0, 0.1) is 0 Å². The summed E-state index contributed by atoms with van der Waals surface area (Å²) in [7, 11) is -1.08. The predicted molar refractivity (Wildman–Crippen MR) is 241 cm³/mol. The number of aromatic nitrogens is 4. The van der Waals surface area contributed by atoms with Crippen LogP contribution in [0.25, 0.3) is 11.0 Å². The van der Waals surface area contributed by atoms with Crippen LogP contribution in [-0.4, -0.2) is 114 Å². The molecule has 2 amide bonds. The van der Waals surface area contributed by atoms with Crippen LogP contribution in [0.2, 0.25) is 0 Å². The zero-order valence-electron chi connectivity index (χ0n) is 34.6. The monoisotopic (exact) mass is 894 g/mol. The van der Waals surface area contributed by atoms with Gasteiger partial charge in [0.2, 0.25) is 17.8 Å². The average Bonchev–Trinajstić information content (AvgIpc) is 3.60. The van der Waals surface area contributed by atoms with Crippen LogP contribution in [-0.2, 0) is 27.0 Å². The number of halogens is 1. The Labute approximate surface area is 359 Å². The number of rotatable bonds is 13. The van der Waals surface area contributed by atoms with Gasteiger partial charge in [0, 0.05) is 88.6 Å². The van der Waals surface area contributed by atoms with E-state index in [-0.39, 0.29) is 24.2 Å². The fourth-order valence-corrected chi connectivity index (χ4v) is 10.4. The highest BCUT2D eigenvalue weighted by Gasteiger charge is 2.32. The number of carbonyl (C=O) groups is 2. The van der Waals surface area contributed by atoms with Crippen molar-refractivity contribution in [2.45, 2.75) is 51.0 Å². The molecular formula is C44H52BrN10O4P. The number of nitrogens with one attached hydrogen (secondary N) is 3. The van der Waals surface area contributed by atoms with Crippen molar-refractivity contribution in [2.75, 3.05) is 81.8 Å². The molecule has 1 atom stereocenters. The molecule has 0 saturated carbocycles. The Balaban J connectivity index is 0.869. The number of imide groups is 1. The standard InChI is InChI=1S/C44H52BrN10O4P/c1-5-29-24-36(50-44-48-27-33(45)42(52-44)49-35-11-10-34-40(47-16-15-46-34)41(35)60(3,4)58)38(59-2)26-37(29)55-18-13-31(14-19-55)54-22-20-53(21-23-54)17-12-28-6-8-30(9-7-28)32-25-39(56)51-43(32)57/h6-11,15-16,24,26-27,31-32H,5,12-14,17-23,25H2,1-4H3,(H,51,56,57)(H2,48,49,50,52). The van der Waals surface area contributed by atoms with Crippen molar-refractivity contribution in [1.29, 1.82) is 0 Å². The number of carbonyl (C=O) groups excluding carboxylic acids is 2. The minimum atomic E-state index is -2.76. The molecular weight excluding hydrogens is 843 g/mol. The summed E-state index contributed by atoms with van der Waals surface area (Å²) in [6.07, 6.45) is 9.22. The number of hydrogen-bond acceptors (Lipinski definition) is 13. The van der Waals surface area contributed by atoms with Gasteiger partial charge < -0.3 is 29.7 Å². The van der Waals surface area contributed by atoms with Crippen LogP contribution in [0.1, 0.15) is 48.8 Å². The van der Waals surface area contributed by atoms with Crippen LogP contribution in [0.4, 0.5) is 28.8 Å². The Morgan fingerprint density at radius 1 is 0.917 bits per heavy atom. The van der Waals surface area contributed by atoms with Crippen molar-refractivity contribution in [3.8, 4) is 5.75 Å². The molecule has 60 heavy (non-hydrogen) atoms. The first kappa shape index (κ1) is 41.8. The molecule has 1 unspecified atom stereocenters. The lowest BCUT2D eigenvalue weighted by atomic mass is 9.96. The number of amides is 2. The largest absolute Gasteiger partial charge is 0.494 e. The Morgan fingerprint density at radius 3 is 2.35 bits per heavy atom. The first-order valence-electron chi connectivity index (χ1n) is 20.7. The number of benzene rings is 3. The van der Waals surface area contributed by atoms with E-state index in [4.69, 9.17) is 9.72 Å². The molecule has 14 nitrogen and oxygen atoms in total. The fraction of sp³-hybridized carbons (Fsp3) is 0.409. The molecule has 3 aromatic carbocycles. The number of hydrogen-bond donors (Lipinski definition) is 3. The van der Waals surface area contributed by atoms with Gasteiger partial charge in [0.15, 0.2) is 0 Å². The molecule has 3 aliphatic rings. The Hall–Kier alpha value is -4.95. The highest BCUT2D eigenvalue weighted by molar-refractivity contribution is 9.10. The van der Waals surface area contributed by atoms with Gasteiger partial charge in [-0.25, -0.2) is 4.98 Å². The second-order valence-electron chi connectivity index (χ2n) is 16.2. The third-order valence-corrected chi connectivity index (χ3v) is 14.1. The van der Waals surface area contributed by atoms with Gasteiger partial charge in [0.1, 0.15) is 24.2 Å². The Morgan fingerprint density at radius 2 is 1.67 bits per heavy atom. The summed E-state index contributed by atoms with van der Waals surface area (Å²) in [5.74, 6) is 0.863. The van der Waals surface area contributed by atoms with Crippen molar-refractivity contribution in [3.05, 3.63) is 88.3 Å². The Kier molecular flexibility index (Phi) is 12.5. The molecule has 314 valence electrons. The summed E-state index contributed by atoms with van der Waals surface area (Å²) in [5.41, 5.74) is 7.29. The van der Waals surface area contributed by atoms with Crippen molar-refractivity contribution >= 4 is 80.1 Å². The van der Waals surface area contributed by atoms with Crippen molar-refractivity contribution < 1.29 is 18.9 Å². The van der Waals surface area contributed by atoms with Gasteiger partial charge in [-0.2, -0.15) is 4.98 Å². The van der Waals surface area contributed by atoms with Crippen LogP contribution in [0.3, 0.4) is 0 Å². The zero-order valence-corrected chi connectivity index (χ0v) is 37.1. The van der Waals surface area contributed by atoms with Crippen molar-refractivity contribution in [3.63, 3.8) is 0 Å². The topological polar surface area (TPSA) is 158 Å². The number of aryl methyl sites for hydroxylation is 1. The van der Waals surface area contributed by atoms with Gasteiger partial charge in [-0.05, 0) is 89.8 Å². The van der Waals surface area contributed by atoms with Crippen LogP contribution in [0.5, 0.6) is 5.75 Å². The molecule has 5 heterocycles. The summed E-state index contributed by atoms with van der Waals surface area (Å²) in [5, 5.41) is 9.81. The third kappa shape index (κ3) is 9.19. The summed E-state index contributed by atoms with van der Waals surface area (Å²) < 4.78 is 20.1. The van der Waals surface area contributed by atoms with Crippen LogP contribution >= 0.6 is 23.1 Å². The Bertz CT molecular complexity index is 2430. The molecule has 3 N–H and O–H groups in total. The number of piperidine rings is 1. The molecule has 5 aromatic rings. The van der Waals surface area contributed by atoms with E-state index in [2.05, 4.69) is 92.7 Å². The number of piperazine rings is 1. The number of nitrogens with zero attached hydrogens (tertiary/aromatic N) is 7. The smallest absolute Gasteiger partial charge is 0.234 e. The van der Waals surface area contributed by atoms with Gasteiger partial charge in [-0.1, -0.05) is 31.2 Å². The minimum Gasteiger partial charge on any atom is -0.494 e. The van der Waals surface area contributed by atoms with Gasteiger partial charge in [-0.3, -0.25) is 29.8 Å². The van der Waals surface area contributed by atoms with E-state index in [0.717, 1.165) is 82.7 Å². The number of fused-ring (bicyclic) bond motifs is 1. The highest BCUT2D eigenvalue weighted by Crippen LogP contribution is 2.42. The van der Waals surface area contributed by atoms with E-state index in [1.54, 1.807) is 39.0 Å². The lowest BCUT2D eigenvalue weighted by molar-refractivity contribution is -0.125. The van der Waals surface area contributed by atoms with Crippen LogP contribution in [0.15, 0.2) is 71.6 Å². The lowest BCUT2D eigenvalue weighted by Gasteiger charge is -2.43. The van der Waals surface area contributed by atoms with E-state index in [9.17, 15) is 14.2 Å². The minimum absolute atomic E-state index is 0.194. The molecule has 0 radical (unpaired) electrons. The third-order valence-electron chi connectivity index (χ3n) is 12.0. The predicted octanol–water partition coefficient (Wildman–Crippen LogP) is 6.45. The summed E-state index contributed by atoms with van der Waals surface area (Å²) >= 11 is 3.60. The SMILES string of the molecule is CCc1cc(Nc2ncc(Br)c(Nc3ccc4nccnc4c3P(C)(C)=O)n2)c(OC)cc1N1CCC(N2CCN(CCc3ccc(C4CC(=O)NC4=O)cc3)CC2)CC1. The van der Waals surface area contributed by atoms with Gasteiger partial charge in [0.05, 0.1) is 39.7 Å². The van der Waals surface area contributed by atoms with Crippen LogP contribution < -0.4 is 30.9 Å². The van der Waals surface area contributed by atoms with Gasteiger partial charge in [0.25, 0.3) is 0 Å². The van der Waals surface area contributed by atoms with E-state index in [0.29, 0.717) is 50.1 Å². The normalized spacial score (nSPS) is 18.2. The first-order chi connectivity index (χ1) is 29.0. The summed E-state index contributed by atoms with van der Waals surface area (Å²) in [6.45, 7) is 12.9. The number of methoxy groups -OCH3 is 1. The van der Waals surface area contributed by atoms with E-state index in [1.807, 2.05) is 24.3 Å². The first-order valence-corrected chi connectivity index (χ1v) is 24.1. The average molecular weight is 896 g/mol. The lowest BCUT2D eigenvalue weighted by Crippen LogP contribution is -2.53. The van der Waals surface area contributed by atoms with E-state index < -0.39 is 7.14 Å². The molecule has 3 aliphatic heterocycles. The molecule has 0 bridgehead atoms. The second-order valence-corrected chi connectivity index (χ2v) is 20.2.